The molecule has 0 fully saturated rings. The second-order valence-corrected chi connectivity index (χ2v) is 6.61. The number of aromatic nitrogens is 3. The number of hydrogen-bond acceptors (Lipinski definition) is 4. The fourth-order valence-electron chi connectivity index (χ4n) is 2.34. The van der Waals surface area contributed by atoms with Gasteiger partial charge < -0.3 is 5.32 Å². The van der Waals surface area contributed by atoms with Gasteiger partial charge in [0.25, 0.3) is 0 Å². The summed E-state index contributed by atoms with van der Waals surface area (Å²) in [5, 5.41) is 12.7. The summed E-state index contributed by atoms with van der Waals surface area (Å²) in [6.07, 6.45) is 0. The van der Waals surface area contributed by atoms with Gasteiger partial charge in [0.05, 0.1) is 5.75 Å². The SMILES string of the molecule is CCNC(=O)CSc1nnc(-c2ccc(Cl)cc2)n1-c1ccccc1. The molecular weight excluding hydrogens is 356 g/mol. The fraction of sp³-hybridized carbons (Fsp3) is 0.167. The summed E-state index contributed by atoms with van der Waals surface area (Å²) in [5.74, 6) is 0.976. The lowest BCUT2D eigenvalue weighted by molar-refractivity contribution is -0.118. The number of carbonyl (C=O) groups is 1. The van der Waals surface area contributed by atoms with E-state index in [2.05, 4.69) is 15.5 Å². The number of hydrogen-bond donors (Lipinski definition) is 1. The van der Waals surface area contributed by atoms with Crippen molar-refractivity contribution in [1.29, 1.82) is 0 Å². The van der Waals surface area contributed by atoms with E-state index in [1.807, 2.05) is 66.1 Å². The number of rotatable bonds is 6. The van der Waals surface area contributed by atoms with Crippen LogP contribution in [0.25, 0.3) is 17.1 Å². The topological polar surface area (TPSA) is 59.8 Å². The maximum Gasteiger partial charge on any atom is 0.230 e. The van der Waals surface area contributed by atoms with Crippen LogP contribution < -0.4 is 5.32 Å². The second kappa shape index (κ2) is 8.18. The average Bonchev–Trinajstić information content (AvgIpc) is 3.05. The molecule has 128 valence electrons. The van der Waals surface area contributed by atoms with Gasteiger partial charge in [-0.2, -0.15) is 0 Å². The summed E-state index contributed by atoms with van der Waals surface area (Å²) in [4.78, 5) is 11.8. The van der Waals surface area contributed by atoms with Gasteiger partial charge in [-0.3, -0.25) is 9.36 Å². The summed E-state index contributed by atoms with van der Waals surface area (Å²) < 4.78 is 1.95. The first-order valence-electron chi connectivity index (χ1n) is 7.85. The van der Waals surface area contributed by atoms with E-state index >= 15 is 0 Å². The first-order valence-corrected chi connectivity index (χ1v) is 9.21. The molecule has 0 saturated heterocycles. The van der Waals surface area contributed by atoms with Crippen molar-refractivity contribution in [2.24, 2.45) is 0 Å². The van der Waals surface area contributed by atoms with Gasteiger partial charge in [0.15, 0.2) is 11.0 Å². The Hall–Kier alpha value is -2.31. The zero-order chi connectivity index (χ0) is 17.6. The van der Waals surface area contributed by atoms with Crippen molar-refractivity contribution in [3.63, 3.8) is 0 Å². The first-order chi connectivity index (χ1) is 12.2. The van der Waals surface area contributed by atoms with Crippen LogP contribution in [0.15, 0.2) is 59.8 Å². The van der Waals surface area contributed by atoms with Gasteiger partial charge in [-0.25, -0.2) is 0 Å². The van der Waals surface area contributed by atoms with Gasteiger partial charge >= 0.3 is 0 Å². The molecule has 1 heterocycles. The summed E-state index contributed by atoms with van der Waals surface area (Å²) in [7, 11) is 0. The van der Waals surface area contributed by atoms with Crippen LogP contribution >= 0.6 is 23.4 Å². The molecule has 5 nitrogen and oxygen atoms in total. The largest absolute Gasteiger partial charge is 0.356 e. The lowest BCUT2D eigenvalue weighted by atomic mass is 10.2. The zero-order valence-corrected chi connectivity index (χ0v) is 15.2. The Labute approximate surface area is 155 Å². The molecule has 0 atom stereocenters. The summed E-state index contributed by atoms with van der Waals surface area (Å²) in [5.41, 5.74) is 1.85. The molecule has 0 unspecified atom stereocenters. The Morgan fingerprint density at radius 2 is 1.84 bits per heavy atom. The Bertz CT molecular complexity index is 849. The van der Waals surface area contributed by atoms with E-state index in [1.165, 1.54) is 11.8 Å². The van der Waals surface area contributed by atoms with Crippen LogP contribution in [0.3, 0.4) is 0 Å². The molecule has 1 N–H and O–H groups in total. The smallest absolute Gasteiger partial charge is 0.230 e. The van der Waals surface area contributed by atoms with Crippen LogP contribution in [-0.2, 0) is 4.79 Å². The molecule has 25 heavy (non-hydrogen) atoms. The number of nitrogens with one attached hydrogen (secondary N) is 1. The van der Waals surface area contributed by atoms with E-state index in [9.17, 15) is 4.79 Å². The molecule has 3 aromatic rings. The van der Waals surface area contributed by atoms with E-state index in [0.29, 0.717) is 28.3 Å². The molecular formula is C18H17ClN4OS. The Balaban J connectivity index is 1.98. The predicted octanol–water partition coefficient (Wildman–Crippen LogP) is 3.82. The minimum atomic E-state index is -0.0249. The lowest BCUT2D eigenvalue weighted by Gasteiger charge is -2.10. The normalized spacial score (nSPS) is 10.6. The number of para-hydroxylation sites is 1. The Morgan fingerprint density at radius 3 is 2.52 bits per heavy atom. The van der Waals surface area contributed by atoms with E-state index in [-0.39, 0.29) is 5.91 Å². The predicted molar refractivity (Wildman–Crippen MR) is 101 cm³/mol. The van der Waals surface area contributed by atoms with Crippen LogP contribution in [0, 0.1) is 0 Å². The molecule has 1 aromatic heterocycles. The van der Waals surface area contributed by atoms with Crippen LogP contribution in [-0.4, -0.2) is 33.0 Å². The quantitative estimate of drug-likeness (QED) is 0.668. The summed E-state index contributed by atoms with van der Waals surface area (Å²) in [6.45, 7) is 2.51. The third kappa shape index (κ3) is 4.21. The second-order valence-electron chi connectivity index (χ2n) is 5.23. The van der Waals surface area contributed by atoms with Crippen molar-refractivity contribution < 1.29 is 4.79 Å². The molecule has 0 radical (unpaired) electrons. The molecule has 0 aliphatic rings. The third-order valence-electron chi connectivity index (χ3n) is 3.46. The molecule has 0 aliphatic carbocycles. The van der Waals surface area contributed by atoms with Gasteiger partial charge in [0.2, 0.25) is 5.91 Å². The molecule has 3 rings (SSSR count). The molecule has 1 amide bonds. The lowest BCUT2D eigenvalue weighted by Crippen LogP contribution is -2.24. The standard InChI is InChI=1S/C18H17ClN4OS/c1-2-20-16(24)12-25-18-22-21-17(13-8-10-14(19)11-9-13)23(18)15-6-4-3-5-7-15/h3-11H,2,12H2,1H3,(H,20,24). The van der Waals surface area contributed by atoms with Gasteiger partial charge in [-0.05, 0) is 43.3 Å². The Kier molecular flexibility index (Phi) is 5.73. The van der Waals surface area contributed by atoms with Gasteiger partial charge in [-0.15, -0.1) is 10.2 Å². The minimum absolute atomic E-state index is 0.0249. The van der Waals surface area contributed by atoms with E-state index < -0.39 is 0 Å². The van der Waals surface area contributed by atoms with Crippen LogP contribution in [0.1, 0.15) is 6.92 Å². The van der Waals surface area contributed by atoms with Gasteiger partial charge in [0.1, 0.15) is 0 Å². The van der Waals surface area contributed by atoms with Gasteiger partial charge in [0, 0.05) is 22.8 Å². The van der Waals surface area contributed by atoms with E-state index in [4.69, 9.17) is 11.6 Å². The average molecular weight is 373 g/mol. The highest BCUT2D eigenvalue weighted by Gasteiger charge is 2.17. The molecule has 0 aliphatic heterocycles. The molecule has 0 saturated carbocycles. The third-order valence-corrected chi connectivity index (χ3v) is 4.64. The van der Waals surface area contributed by atoms with E-state index in [0.717, 1.165) is 11.3 Å². The molecule has 0 bridgehead atoms. The fourth-order valence-corrected chi connectivity index (χ4v) is 3.25. The van der Waals surface area contributed by atoms with Crippen molar-refractivity contribution in [2.45, 2.75) is 12.1 Å². The molecule has 2 aromatic carbocycles. The van der Waals surface area contributed by atoms with Gasteiger partial charge in [-0.1, -0.05) is 41.6 Å². The van der Waals surface area contributed by atoms with Crippen molar-refractivity contribution in [3.8, 4) is 17.1 Å². The van der Waals surface area contributed by atoms with Crippen molar-refractivity contribution in [1.82, 2.24) is 20.1 Å². The highest BCUT2D eigenvalue weighted by atomic mass is 35.5. The molecule has 0 spiro atoms. The monoisotopic (exact) mass is 372 g/mol. The first kappa shape index (κ1) is 17.5. The number of carbonyl (C=O) groups excluding carboxylic acids is 1. The number of amides is 1. The highest BCUT2D eigenvalue weighted by molar-refractivity contribution is 7.99. The Morgan fingerprint density at radius 1 is 1.12 bits per heavy atom. The minimum Gasteiger partial charge on any atom is -0.356 e. The van der Waals surface area contributed by atoms with Crippen molar-refractivity contribution in [3.05, 3.63) is 59.6 Å². The number of thioether (sulfide) groups is 1. The number of nitrogens with zero attached hydrogens (tertiary/aromatic N) is 3. The summed E-state index contributed by atoms with van der Waals surface area (Å²) >= 11 is 7.34. The van der Waals surface area contributed by atoms with Crippen LogP contribution in [0.4, 0.5) is 0 Å². The number of benzene rings is 2. The maximum absolute atomic E-state index is 11.8. The number of halogens is 1. The summed E-state index contributed by atoms with van der Waals surface area (Å²) in [6, 6.07) is 17.3. The van der Waals surface area contributed by atoms with Crippen LogP contribution in [0.2, 0.25) is 5.02 Å². The maximum atomic E-state index is 11.8. The van der Waals surface area contributed by atoms with E-state index in [1.54, 1.807) is 0 Å². The van der Waals surface area contributed by atoms with Crippen molar-refractivity contribution >= 4 is 29.3 Å². The van der Waals surface area contributed by atoms with Crippen molar-refractivity contribution in [2.75, 3.05) is 12.3 Å². The zero-order valence-electron chi connectivity index (χ0n) is 13.6. The van der Waals surface area contributed by atoms with Crippen LogP contribution in [0.5, 0.6) is 0 Å². The highest BCUT2D eigenvalue weighted by Crippen LogP contribution is 2.28. The molecule has 7 heteroatoms.